The SMILES string of the molecule is CC(C)(CC#CCBr)OC(=O)NCCO. The average molecular weight is 278 g/mol. The molecule has 15 heavy (non-hydrogen) atoms. The lowest BCUT2D eigenvalue weighted by molar-refractivity contribution is 0.0419. The van der Waals surface area contributed by atoms with E-state index in [0.717, 1.165) is 0 Å². The number of carbonyl (C=O) groups excluding carboxylic acids is 1. The molecule has 0 aromatic rings. The average Bonchev–Trinajstić information content (AvgIpc) is 2.14. The molecule has 0 fully saturated rings. The van der Waals surface area contributed by atoms with Crippen LogP contribution < -0.4 is 5.32 Å². The molecule has 0 heterocycles. The van der Waals surface area contributed by atoms with Gasteiger partial charge >= 0.3 is 6.09 Å². The summed E-state index contributed by atoms with van der Waals surface area (Å²) in [7, 11) is 0. The zero-order valence-corrected chi connectivity index (χ0v) is 10.6. The van der Waals surface area contributed by atoms with Crippen LogP contribution in [0.3, 0.4) is 0 Å². The molecule has 1 amide bonds. The zero-order valence-electron chi connectivity index (χ0n) is 8.97. The molecule has 0 saturated heterocycles. The second-order valence-corrected chi connectivity index (χ2v) is 4.02. The van der Waals surface area contributed by atoms with Crippen molar-refractivity contribution >= 4 is 22.0 Å². The van der Waals surface area contributed by atoms with E-state index in [0.29, 0.717) is 11.8 Å². The van der Waals surface area contributed by atoms with Gasteiger partial charge in [0, 0.05) is 13.0 Å². The molecule has 0 atom stereocenters. The Labute approximate surface area is 98.5 Å². The second kappa shape index (κ2) is 7.55. The van der Waals surface area contributed by atoms with Gasteiger partial charge in [-0.15, -0.1) is 0 Å². The van der Waals surface area contributed by atoms with Crippen LogP contribution in [0.4, 0.5) is 4.79 Å². The lowest BCUT2D eigenvalue weighted by atomic mass is 10.1. The van der Waals surface area contributed by atoms with Crippen molar-refractivity contribution in [3.8, 4) is 11.8 Å². The number of amides is 1. The van der Waals surface area contributed by atoms with Crippen LogP contribution in [0, 0.1) is 11.8 Å². The first-order chi connectivity index (χ1) is 7.02. The van der Waals surface area contributed by atoms with Gasteiger partial charge in [0.05, 0.1) is 11.9 Å². The van der Waals surface area contributed by atoms with Gasteiger partial charge in [-0.05, 0) is 13.8 Å². The normalized spacial score (nSPS) is 10.1. The Morgan fingerprint density at radius 1 is 1.53 bits per heavy atom. The number of aliphatic hydroxyl groups excluding tert-OH is 1. The van der Waals surface area contributed by atoms with Crippen LogP contribution in [0.5, 0.6) is 0 Å². The minimum atomic E-state index is -0.616. The predicted molar refractivity (Wildman–Crippen MR) is 61.8 cm³/mol. The molecule has 4 nitrogen and oxygen atoms in total. The Bertz CT molecular complexity index is 255. The predicted octanol–water partition coefficient (Wildman–Crippen LogP) is 1.27. The molecule has 86 valence electrons. The van der Waals surface area contributed by atoms with E-state index in [4.69, 9.17) is 9.84 Å². The van der Waals surface area contributed by atoms with Gasteiger partial charge in [-0.25, -0.2) is 4.79 Å². The first-order valence-corrected chi connectivity index (χ1v) is 5.73. The second-order valence-electron chi connectivity index (χ2n) is 3.46. The van der Waals surface area contributed by atoms with Gasteiger partial charge in [-0.2, -0.15) is 0 Å². The van der Waals surface area contributed by atoms with Crippen molar-refractivity contribution in [1.29, 1.82) is 0 Å². The highest BCUT2D eigenvalue weighted by Gasteiger charge is 2.21. The number of hydrogen-bond acceptors (Lipinski definition) is 3. The lowest BCUT2D eigenvalue weighted by Gasteiger charge is -2.22. The molecular weight excluding hydrogens is 262 g/mol. The molecule has 0 aliphatic rings. The summed E-state index contributed by atoms with van der Waals surface area (Å²) in [4.78, 5) is 11.1. The van der Waals surface area contributed by atoms with Crippen molar-refractivity contribution < 1.29 is 14.6 Å². The highest BCUT2D eigenvalue weighted by molar-refractivity contribution is 9.09. The van der Waals surface area contributed by atoms with Gasteiger partial charge < -0.3 is 15.2 Å². The summed E-state index contributed by atoms with van der Waals surface area (Å²) < 4.78 is 5.11. The van der Waals surface area contributed by atoms with E-state index in [-0.39, 0.29) is 13.2 Å². The molecule has 0 unspecified atom stereocenters. The van der Waals surface area contributed by atoms with Gasteiger partial charge in [0.2, 0.25) is 0 Å². The van der Waals surface area contributed by atoms with Gasteiger partial charge in [-0.1, -0.05) is 27.8 Å². The Morgan fingerprint density at radius 3 is 2.73 bits per heavy atom. The van der Waals surface area contributed by atoms with Gasteiger partial charge in [0.25, 0.3) is 0 Å². The first-order valence-electron chi connectivity index (χ1n) is 4.61. The van der Waals surface area contributed by atoms with Gasteiger partial charge in [-0.3, -0.25) is 0 Å². The fraction of sp³-hybridized carbons (Fsp3) is 0.700. The Balaban J connectivity index is 3.95. The number of rotatable bonds is 4. The Hall–Kier alpha value is -0.730. The van der Waals surface area contributed by atoms with E-state index in [2.05, 4.69) is 33.1 Å². The third-order valence-electron chi connectivity index (χ3n) is 1.46. The molecular formula is C10H16BrNO3. The van der Waals surface area contributed by atoms with E-state index in [9.17, 15) is 4.79 Å². The summed E-state index contributed by atoms with van der Waals surface area (Å²) in [6, 6.07) is 0. The zero-order chi connectivity index (χ0) is 11.7. The molecule has 0 aliphatic carbocycles. The number of ether oxygens (including phenoxy) is 1. The van der Waals surface area contributed by atoms with E-state index < -0.39 is 11.7 Å². The highest BCUT2D eigenvalue weighted by atomic mass is 79.9. The van der Waals surface area contributed by atoms with Crippen molar-refractivity contribution in [2.24, 2.45) is 0 Å². The van der Waals surface area contributed by atoms with E-state index >= 15 is 0 Å². The largest absolute Gasteiger partial charge is 0.443 e. The molecule has 2 N–H and O–H groups in total. The fourth-order valence-electron chi connectivity index (χ4n) is 0.804. The maximum Gasteiger partial charge on any atom is 0.407 e. The summed E-state index contributed by atoms with van der Waals surface area (Å²) in [6.07, 6.45) is -0.0554. The first kappa shape index (κ1) is 14.3. The molecule has 0 aliphatic heterocycles. The molecule has 5 heteroatoms. The van der Waals surface area contributed by atoms with E-state index in [1.54, 1.807) is 13.8 Å². The van der Waals surface area contributed by atoms with Crippen molar-refractivity contribution in [2.75, 3.05) is 18.5 Å². The number of hydrogen-bond donors (Lipinski definition) is 2. The minimum Gasteiger partial charge on any atom is -0.443 e. The van der Waals surface area contributed by atoms with Crippen molar-refractivity contribution in [3.05, 3.63) is 0 Å². The number of alkyl halides is 1. The van der Waals surface area contributed by atoms with Crippen molar-refractivity contribution in [3.63, 3.8) is 0 Å². The van der Waals surface area contributed by atoms with Crippen LogP contribution in [-0.4, -0.2) is 35.3 Å². The number of aliphatic hydroxyl groups is 1. The number of nitrogens with one attached hydrogen (secondary N) is 1. The molecule has 0 spiro atoms. The number of halogens is 1. The van der Waals surface area contributed by atoms with Crippen LogP contribution in [-0.2, 0) is 4.74 Å². The maximum absolute atomic E-state index is 11.1. The summed E-state index contributed by atoms with van der Waals surface area (Å²) >= 11 is 3.18. The summed E-state index contributed by atoms with van der Waals surface area (Å²) in [6.45, 7) is 3.67. The monoisotopic (exact) mass is 277 g/mol. The third-order valence-corrected chi connectivity index (χ3v) is 1.74. The molecule has 0 saturated carbocycles. The van der Waals surface area contributed by atoms with Crippen LogP contribution >= 0.6 is 15.9 Å². The Morgan fingerprint density at radius 2 is 2.20 bits per heavy atom. The fourth-order valence-corrected chi connectivity index (χ4v) is 1.00. The molecule has 0 rings (SSSR count). The van der Waals surface area contributed by atoms with E-state index in [1.165, 1.54) is 0 Å². The topological polar surface area (TPSA) is 58.6 Å². The van der Waals surface area contributed by atoms with Gasteiger partial charge in [0.1, 0.15) is 5.60 Å². The van der Waals surface area contributed by atoms with Crippen LogP contribution in [0.2, 0.25) is 0 Å². The molecule has 0 bridgehead atoms. The number of carbonyl (C=O) groups is 1. The summed E-state index contributed by atoms with van der Waals surface area (Å²) in [5.74, 6) is 5.72. The number of alkyl carbamates (subject to hydrolysis) is 1. The Kier molecular flexibility index (Phi) is 7.18. The van der Waals surface area contributed by atoms with Crippen LogP contribution in [0.15, 0.2) is 0 Å². The molecule has 0 aromatic carbocycles. The van der Waals surface area contributed by atoms with E-state index in [1.807, 2.05) is 0 Å². The summed E-state index contributed by atoms with van der Waals surface area (Å²) in [5.41, 5.74) is -0.616. The van der Waals surface area contributed by atoms with Gasteiger partial charge in [0.15, 0.2) is 0 Å². The standard InChI is InChI=1S/C10H16BrNO3/c1-10(2,5-3-4-6-11)15-9(14)12-7-8-13/h13H,5-8H2,1-2H3,(H,12,14). The summed E-state index contributed by atoms with van der Waals surface area (Å²) in [5, 5.41) is 11.5. The van der Waals surface area contributed by atoms with Crippen molar-refractivity contribution in [2.45, 2.75) is 25.9 Å². The lowest BCUT2D eigenvalue weighted by Crippen LogP contribution is -2.35. The van der Waals surface area contributed by atoms with Crippen molar-refractivity contribution in [1.82, 2.24) is 5.32 Å². The smallest absolute Gasteiger partial charge is 0.407 e. The van der Waals surface area contributed by atoms with Crippen LogP contribution in [0.1, 0.15) is 20.3 Å². The quantitative estimate of drug-likeness (QED) is 0.601. The van der Waals surface area contributed by atoms with Crippen LogP contribution in [0.25, 0.3) is 0 Å². The maximum atomic E-state index is 11.1. The highest BCUT2D eigenvalue weighted by Crippen LogP contribution is 2.13. The molecule has 0 aromatic heterocycles. The minimum absolute atomic E-state index is 0.0983. The third kappa shape index (κ3) is 8.28. The molecule has 0 radical (unpaired) electrons.